The minimum atomic E-state index is -0.552. The Morgan fingerprint density at radius 2 is 2.19 bits per heavy atom. The van der Waals surface area contributed by atoms with E-state index in [9.17, 15) is 14.9 Å². The molecule has 1 amide bonds. The molecule has 0 aliphatic rings. The van der Waals surface area contributed by atoms with Crippen LogP contribution in [0.25, 0.3) is 0 Å². The second kappa shape index (κ2) is 7.85. The Balaban J connectivity index is 2.54. The van der Waals surface area contributed by atoms with Gasteiger partial charge in [-0.05, 0) is 12.0 Å². The van der Waals surface area contributed by atoms with Crippen LogP contribution in [0.4, 0.5) is 11.4 Å². The fraction of sp³-hybridized carbons (Fsp3) is 0.429. The number of hydrogen-bond donors (Lipinski definition) is 2. The van der Waals surface area contributed by atoms with Crippen LogP contribution in [-0.4, -0.2) is 23.9 Å². The average Bonchev–Trinajstić information content (AvgIpc) is 2.45. The Bertz CT molecular complexity index is 564. The summed E-state index contributed by atoms with van der Waals surface area (Å²) in [5.74, 6) is 0.318. The number of hydrogen-bond acceptors (Lipinski definition) is 5. The van der Waals surface area contributed by atoms with Crippen LogP contribution in [-0.2, 0) is 4.79 Å². The lowest BCUT2D eigenvalue weighted by molar-refractivity contribution is -0.384. The number of amides is 1. The van der Waals surface area contributed by atoms with E-state index in [2.05, 4.69) is 10.6 Å². The van der Waals surface area contributed by atoms with E-state index in [0.717, 1.165) is 0 Å². The number of nitro groups is 1. The van der Waals surface area contributed by atoms with Crippen LogP contribution in [0.15, 0.2) is 18.2 Å². The Hall–Kier alpha value is -2.62. The van der Waals surface area contributed by atoms with Crippen molar-refractivity contribution in [2.45, 2.75) is 20.3 Å². The highest BCUT2D eigenvalue weighted by Crippen LogP contribution is 2.21. The molecular formula is C14H18N4O3. The summed E-state index contributed by atoms with van der Waals surface area (Å²) >= 11 is 0. The van der Waals surface area contributed by atoms with Gasteiger partial charge in [-0.25, -0.2) is 0 Å². The summed E-state index contributed by atoms with van der Waals surface area (Å²) in [5.41, 5.74) is 0.540. The molecule has 0 radical (unpaired) electrons. The Morgan fingerprint density at radius 3 is 2.76 bits per heavy atom. The second-order valence-corrected chi connectivity index (χ2v) is 4.97. The monoisotopic (exact) mass is 290 g/mol. The van der Waals surface area contributed by atoms with Crippen molar-refractivity contribution in [3.05, 3.63) is 33.9 Å². The SMILES string of the molecule is CC(C)CNC(=O)CCNc1ccc([N+](=O)[O-])cc1C#N. The molecule has 7 nitrogen and oxygen atoms in total. The first-order valence-corrected chi connectivity index (χ1v) is 6.63. The number of rotatable bonds is 7. The Labute approximate surface area is 123 Å². The molecule has 0 aliphatic carbocycles. The van der Waals surface area contributed by atoms with Crippen molar-refractivity contribution in [3.8, 4) is 6.07 Å². The molecule has 112 valence electrons. The summed E-state index contributed by atoms with van der Waals surface area (Å²) in [6, 6.07) is 5.91. The van der Waals surface area contributed by atoms with Crippen LogP contribution in [0.2, 0.25) is 0 Å². The molecule has 0 spiro atoms. The van der Waals surface area contributed by atoms with Gasteiger partial charge in [0, 0.05) is 31.6 Å². The Kier molecular flexibility index (Phi) is 6.14. The summed E-state index contributed by atoms with van der Waals surface area (Å²) in [5, 5.41) is 25.4. The zero-order valence-electron chi connectivity index (χ0n) is 12.0. The Morgan fingerprint density at radius 1 is 1.48 bits per heavy atom. The molecule has 0 aliphatic heterocycles. The molecule has 1 aromatic rings. The summed E-state index contributed by atoms with van der Waals surface area (Å²) in [6.07, 6.45) is 0.272. The lowest BCUT2D eigenvalue weighted by Crippen LogP contribution is -2.28. The number of nitriles is 1. The number of carbonyl (C=O) groups is 1. The van der Waals surface area contributed by atoms with E-state index in [1.54, 1.807) is 0 Å². The van der Waals surface area contributed by atoms with Crippen LogP contribution in [0, 0.1) is 27.4 Å². The molecule has 7 heteroatoms. The molecule has 1 aromatic carbocycles. The quantitative estimate of drug-likeness (QED) is 0.590. The van der Waals surface area contributed by atoms with Gasteiger partial charge in [0.1, 0.15) is 6.07 Å². The molecule has 21 heavy (non-hydrogen) atoms. The van der Waals surface area contributed by atoms with Crippen molar-refractivity contribution < 1.29 is 9.72 Å². The normalized spacial score (nSPS) is 10.0. The van der Waals surface area contributed by atoms with Crippen LogP contribution >= 0.6 is 0 Å². The van der Waals surface area contributed by atoms with Crippen molar-refractivity contribution in [2.75, 3.05) is 18.4 Å². The second-order valence-electron chi connectivity index (χ2n) is 4.97. The zero-order chi connectivity index (χ0) is 15.8. The summed E-state index contributed by atoms with van der Waals surface area (Å²) in [6.45, 7) is 5.00. The van der Waals surface area contributed by atoms with E-state index in [4.69, 9.17) is 5.26 Å². The third-order valence-corrected chi connectivity index (χ3v) is 2.71. The van der Waals surface area contributed by atoms with Gasteiger partial charge >= 0.3 is 0 Å². The van der Waals surface area contributed by atoms with Crippen LogP contribution in [0.3, 0.4) is 0 Å². The molecule has 0 atom stereocenters. The average molecular weight is 290 g/mol. The minimum Gasteiger partial charge on any atom is -0.383 e. The van der Waals surface area contributed by atoms with E-state index in [-0.39, 0.29) is 23.6 Å². The first-order chi connectivity index (χ1) is 9.93. The first-order valence-electron chi connectivity index (χ1n) is 6.63. The fourth-order valence-corrected chi connectivity index (χ4v) is 1.61. The predicted molar refractivity (Wildman–Crippen MR) is 78.8 cm³/mol. The van der Waals surface area contributed by atoms with E-state index < -0.39 is 4.92 Å². The lowest BCUT2D eigenvalue weighted by atomic mass is 10.1. The first kappa shape index (κ1) is 16.4. The van der Waals surface area contributed by atoms with Gasteiger partial charge in [0.2, 0.25) is 5.91 Å². The molecule has 1 rings (SSSR count). The molecule has 0 saturated heterocycles. The van der Waals surface area contributed by atoms with Crippen molar-refractivity contribution in [2.24, 2.45) is 5.92 Å². The van der Waals surface area contributed by atoms with Crippen molar-refractivity contribution >= 4 is 17.3 Å². The van der Waals surface area contributed by atoms with E-state index in [0.29, 0.717) is 24.7 Å². The third-order valence-electron chi connectivity index (χ3n) is 2.71. The molecule has 2 N–H and O–H groups in total. The largest absolute Gasteiger partial charge is 0.383 e. The van der Waals surface area contributed by atoms with Crippen molar-refractivity contribution in [1.29, 1.82) is 5.26 Å². The maximum Gasteiger partial charge on any atom is 0.270 e. The number of benzene rings is 1. The van der Waals surface area contributed by atoms with Crippen molar-refractivity contribution in [1.82, 2.24) is 5.32 Å². The lowest BCUT2D eigenvalue weighted by Gasteiger charge is -2.09. The highest BCUT2D eigenvalue weighted by molar-refractivity contribution is 5.76. The van der Waals surface area contributed by atoms with Crippen molar-refractivity contribution in [3.63, 3.8) is 0 Å². The number of nitrogens with zero attached hydrogens (tertiary/aromatic N) is 2. The topological polar surface area (TPSA) is 108 Å². The molecule has 0 heterocycles. The fourth-order valence-electron chi connectivity index (χ4n) is 1.61. The van der Waals surface area contributed by atoms with E-state index in [1.165, 1.54) is 18.2 Å². The molecule has 0 bridgehead atoms. The molecule has 0 saturated carbocycles. The highest BCUT2D eigenvalue weighted by Gasteiger charge is 2.10. The number of nitro benzene ring substituents is 1. The van der Waals surface area contributed by atoms with E-state index >= 15 is 0 Å². The number of nitrogens with one attached hydrogen (secondary N) is 2. The number of carbonyl (C=O) groups excluding carboxylic acids is 1. The predicted octanol–water partition coefficient (Wildman–Crippen LogP) is 2.04. The van der Waals surface area contributed by atoms with Gasteiger partial charge in [0.05, 0.1) is 16.2 Å². The smallest absolute Gasteiger partial charge is 0.270 e. The van der Waals surface area contributed by atoms with Gasteiger partial charge in [0.25, 0.3) is 5.69 Å². The van der Waals surface area contributed by atoms with Gasteiger partial charge in [0.15, 0.2) is 0 Å². The third kappa shape index (κ3) is 5.48. The molecule has 0 fully saturated rings. The van der Waals surface area contributed by atoms with Gasteiger partial charge in [-0.1, -0.05) is 13.8 Å². The molecular weight excluding hydrogens is 272 g/mol. The van der Waals surface area contributed by atoms with Gasteiger partial charge in [-0.3, -0.25) is 14.9 Å². The maximum atomic E-state index is 11.5. The maximum absolute atomic E-state index is 11.5. The number of non-ortho nitro benzene ring substituents is 1. The van der Waals surface area contributed by atoms with Crippen LogP contribution in [0.5, 0.6) is 0 Å². The van der Waals surface area contributed by atoms with Gasteiger partial charge in [-0.2, -0.15) is 5.26 Å². The summed E-state index contributed by atoms with van der Waals surface area (Å²) in [7, 11) is 0. The standard InChI is InChI=1S/C14H18N4O3/c1-10(2)9-17-14(19)5-6-16-13-4-3-12(18(20)21)7-11(13)8-15/h3-4,7,10,16H,5-6,9H2,1-2H3,(H,17,19). The minimum absolute atomic E-state index is 0.0726. The zero-order valence-corrected chi connectivity index (χ0v) is 12.0. The van der Waals surface area contributed by atoms with Crippen LogP contribution in [0.1, 0.15) is 25.8 Å². The summed E-state index contributed by atoms with van der Waals surface area (Å²) in [4.78, 5) is 21.6. The van der Waals surface area contributed by atoms with Crippen LogP contribution < -0.4 is 10.6 Å². The molecule has 0 aromatic heterocycles. The highest BCUT2D eigenvalue weighted by atomic mass is 16.6. The molecule has 0 unspecified atom stereocenters. The van der Waals surface area contributed by atoms with Gasteiger partial charge < -0.3 is 10.6 Å². The van der Waals surface area contributed by atoms with E-state index in [1.807, 2.05) is 19.9 Å². The van der Waals surface area contributed by atoms with Gasteiger partial charge in [-0.15, -0.1) is 0 Å². The number of anilines is 1. The summed E-state index contributed by atoms with van der Waals surface area (Å²) < 4.78 is 0.